The fourth-order valence-corrected chi connectivity index (χ4v) is 2.59. The predicted molar refractivity (Wildman–Crippen MR) is 55.8 cm³/mol. The number of nitrogens with zero attached hydrogens (tertiary/aromatic N) is 1. The molecular formula is C11H19NO3. The van der Waals surface area contributed by atoms with Gasteiger partial charge in [0.1, 0.15) is 0 Å². The maximum atomic E-state index is 10.5. The van der Waals surface area contributed by atoms with Crippen molar-refractivity contribution in [2.75, 3.05) is 19.7 Å². The Bertz CT molecular complexity index is 238. The molecule has 0 aliphatic carbocycles. The number of carbonyl (C=O) groups is 1. The SMILES string of the molecule is CC1CC(N2CC(CC(=O)O)C2)CCO1. The number of aliphatic carboxylic acids is 1. The second kappa shape index (κ2) is 4.49. The predicted octanol–water partition coefficient (Wildman–Crippen LogP) is 0.960. The van der Waals surface area contributed by atoms with Gasteiger partial charge in [0.05, 0.1) is 12.5 Å². The summed E-state index contributed by atoms with van der Waals surface area (Å²) in [6, 6.07) is 0.624. The summed E-state index contributed by atoms with van der Waals surface area (Å²) in [5.74, 6) is -0.291. The third kappa shape index (κ3) is 2.69. The van der Waals surface area contributed by atoms with Crippen LogP contribution >= 0.6 is 0 Å². The molecule has 0 radical (unpaired) electrons. The van der Waals surface area contributed by atoms with Crippen LogP contribution in [0.5, 0.6) is 0 Å². The van der Waals surface area contributed by atoms with E-state index in [1.165, 1.54) is 0 Å². The van der Waals surface area contributed by atoms with Crippen molar-refractivity contribution >= 4 is 5.97 Å². The molecule has 0 aromatic carbocycles. The van der Waals surface area contributed by atoms with E-state index in [9.17, 15) is 4.79 Å². The van der Waals surface area contributed by atoms with Crippen LogP contribution in [-0.2, 0) is 9.53 Å². The van der Waals surface area contributed by atoms with Crippen LogP contribution < -0.4 is 0 Å². The minimum Gasteiger partial charge on any atom is -0.481 e. The maximum Gasteiger partial charge on any atom is 0.303 e. The first kappa shape index (κ1) is 10.9. The van der Waals surface area contributed by atoms with Gasteiger partial charge in [0.15, 0.2) is 0 Å². The lowest BCUT2D eigenvalue weighted by atomic mass is 9.91. The highest BCUT2D eigenvalue weighted by Crippen LogP contribution is 2.27. The fourth-order valence-electron chi connectivity index (χ4n) is 2.59. The lowest BCUT2D eigenvalue weighted by molar-refractivity contribution is -0.140. The lowest BCUT2D eigenvalue weighted by Gasteiger charge is -2.46. The smallest absolute Gasteiger partial charge is 0.303 e. The van der Waals surface area contributed by atoms with Gasteiger partial charge in [-0.1, -0.05) is 0 Å². The van der Waals surface area contributed by atoms with Crippen LogP contribution in [0, 0.1) is 5.92 Å². The fraction of sp³-hybridized carbons (Fsp3) is 0.909. The number of carboxylic acid groups (broad SMARTS) is 1. The molecule has 4 heteroatoms. The minimum atomic E-state index is -0.667. The van der Waals surface area contributed by atoms with Crippen molar-refractivity contribution in [1.29, 1.82) is 0 Å². The molecule has 2 unspecified atom stereocenters. The van der Waals surface area contributed by atoms with Crippen LogP contribution in [0.1, 0.15) is 26.2 Å². The lowest BCUT2D eigenvalue weighted by Crippen LogP contribution is -2.54. The Labute approximate surface area is 90.2 Å². The summed E-state index contributed by atoms with van der Waals surface area (Å²) < 4.78 is 5.50. The van der Waals surface area contributed by atoms with Gasteiger partial charge in [0.2, 0.25) is 0 Å². The molecule has 0 spiro atoms. The molecule has 1 N–H and O–H groups in total. The first-order valence-corrected chi connectivity index (χ1v) is 5.72. The van der Waals surface area contributed by atoms with Gasteiger partial charge in [-0.05, 0) is 25.7 Å². The molecular weight excluding hydrogens is 194 g/mol. The monoisotopic (exact) mass is 213 g/mol. The summed E-state index contributed by atoms with van der Waals surface area (Å²) in [5.41, 5.74) is 0. The van der Waals surface area contributed by atoms with Gasteiger partial charge in [-0.15, -0.1) is 0 Å². The van der Waals surface area contributed by atoms with E-state index in [0.29, 0.717) is 24.5 Å². The molecule has 4 nitrogen and oxygen atoms in total. The van der Waals surface area contributed by atoms with Crippen LogP contribution in [0.3, 0.4) is 0 Å². The molecule has 2 heterocycles. The van der Waals surface area contributed by atoms with E-state index >= 15 is 0 Å². The summed E-state index contributed by atoms with van der Waals surface area (Å²) in [6.07, 6.45) is 2.89. The number of likely N-dealkylation sites (tertiary alicyclic amines) is 1. The van der Waals surface area contributed by atoms with Crippen molar-refractivity contribution in [1.82, 2.24) is 4.90 Å². The third-order valence-electron chi connectivity index (χ3n) is 3.42. The molecule has 0 saturated carbocycles. The van der Waals surface area contributed by atoms with Gasteiger partial charge in [-0.2, -0.15) is 0 Å². The Morgan fingerprint density at radius 2 is 2.27 bits per heavy atom. The van der Waals surface area contributed by atoms with E-state index in [-0.39, 0.29) is 0 Å². The van der Waals surface area contributed by atoms with Gasteiger partial charge in [0, 0.05) is 25.7 Å². The second-order valence-corrected chi connectivity index (χ2v) is 4.78. The summed E-state index contributed by atoms with van der Waals surface area (Å²) in [4.78, 5) is 12.9. The van der Waals surface area contributed by atoms with Crippen LogP contribution in [0.2, 0.25) is 0 Å². The van der Waals surface area contributed by atoms with Gasteiger partial charge in [-0.3, -0.25) is 9.69 Å². The number of rotatable bonds is 3. The standard InChI is InChI=1S/C11H19NO3/c1-8-4-10(2-3-15-8)12-6-9(7-12)5-11(13)14/h8-10H,2-7H2,1H3,(H,13,14). The quantitative estimate of drug-likeness (QED) is 0.758. The summed E-state index contributed by atoms with van der Waals surface area (Å²) in [5, 5.41) is 8.65. The Kier molecular flexibility index (Phi) is 3.26. The largest absolute Gasteiger partial charge is 0.481 e. The second-order valence-electron chi connectivity index (χ2n) is 4.78. The molecule has 86 valence electrons. The normalized spacial score (nSPS) is 33.7. The van der Waals surface area contributed by atoms with Crippen molar-refractivity contribution in [2.45, 2.75) is 38.3 Å². The highest BCUT2D eigenvalue weighted by molar-refractivity contribution is 5.67. The van der Waals surface area contributed by atoms with Gasteiger partial charge in [0.25, 0.3) is 0 Å². The number of carboxylic acids is 1. The minimum absolute atomic E-state index is 0.329. The Balaban J connectivity index is 1.71. The Morgan fingerprint density at radius 3 is 2.87 bits per heavy atom. The van der Waals surface area contributed by atoms with Crippen LogP contribution in [0.4, 0.5) is 0 Å². The molecule has 2 aliphatic rings. The van der Waals surface area contributed by atoms with Crippen molar-refractivity contribution < 1.29 is 14.6 Å². The molecule has 2 rings (SSSR count). The average molecular weight is 213 g/mol. The van der Waals surface area contributed by atoms with Crippen molar-refractivity contribution in [3.63, 3.8) is 0 Å². The van der Waals surface area contributed by atoms with Crippen LogP contribution in [-0.4, -0.2) is 47.8 Å². The van der Waals surface area contributed by atoms with E-state index in [4.69, 9.17) is 9.84 Å². The molecule has 2 atom stereocenters. The van der Waals surface area contributed by atoms with E-state index in [1.807, 2.05) is 0 Å². The summed E-state index contributed by atoms with van der Waals surface area (Å²) >= 11 is 0. The Hall–Kier alpha value is -0.610. The van der Waals surface area contributed by atoms with Crippen LogP contribution in [0.15, 0.2) is 0 Å². The highest BCUT2D eigenvalue weighted by atomic mass is 16.5. The molecule has 2 fully saturated rings. The molecule has 0 aromatic rings. The highest BCUT2D eigenvalue weighted by Gasteiger charge is 2.35. The van der Waals surface area contributed by atoms with E-state index in [0.717, 1.165) is 32.5 Å². The van der Waals surface area contributed by atoms with Crippen LogP contribution in [0.25, 0.3) is 0 Å². The van der Waals surface area contributed by atoms with E-state index in [1.54, 1.807) is 0 Å². The van der Waals surface area contributed by atoms with Gasteiger partial charge < -0.3 is 9.84 Å². The zero-order valence-corrected chi connectivity index (χ0v) is 9.19. The molecule has 0 aromatic heterocycles. The van der Waals surface area contributed by atoms with Crippen molar-refractivity contribution in [2.24, 2.45) is 5.92 Å². The molecule has 0 amide bonds. The molecule has 2 saturated heterocycles. The number of ether oxygens (including phenoxy) is 1. The number of hydrogen-bond acceptors (Lipinski definition) is 3. The van der Waals surface area contributed by atoms with E-state index in [2.05, 4.69) is 11.8 Å². The van der Waals surface area contributed by atoms with Crippen molar-refractivity contribution in [3.05, 3.63) is 0 Å². The molecule has 0 bridgehead atoms. The van der Waals surface area contributed by atoms with Gasteiger partial charge in [-0.25, -0.2) is 0 Å². The number of hydrogen-bond donors (Lipinski definition) is 1. The molecule has 2 aliphatic heterocycles. The first-order chi connectivity index (χ1) is 7.15. The average Bonchev–Trinajstić information content (AvgIpc) is 2.10. The third-order valence-corrected chi connectivity index (χ3v) is 3.42. The topological polar surface area (TPSA) is 49.8 Å². The molecule has 15 heavy (non-hydrogen) atoms. The maximum absolute atomic E-state index is 10.5. The van der Waals surface area contributed by atoms with Crippen molar-refractivity contribution in [3.8, 4) is 0 Å². The zero-order chi connectivity index (χ0) is 10.8. The van der Waals surface area contributed by atoms with E-state index < -0.39 is 5.97 Å². The Morgan fingerprint density at radius 1 is 1.53 bits per heavy atom. The zero-order valence-electron chi connectivity index (χ0n) is 9.19. The summed E-state index contributed by atoms with van der Waals surface area (Å²) in [6.45, 7) is 4.89. The first-order valence-electron chi connectivity index (χ1n) is 5.72. The van der Waals surface area contributed by atoms with Gasteiger partial charge >= 0.3 is 5.97 Å². The summed E-state index contributed by atoms with van der Waals surface area (Å²) in [7, 11) is 0.